The minimum absolute atomic E-state index is 0.0526. The van der Waals surface area contributed by atoms with Crippen LogP contribution in [0.2, 0.25) is 0 Å². The number of hydrogen-bond donors (Lipinski definition) is 1. The van der Waals surface area contributed by atoms with Gasteiger partial charge in [0.1, 0.15) is 6.17 Å². The van der Waals surface area contributed by atoms with Gasteiger partial charge in [0.05, 0.1) is 28.8 Å². The number of carbonyl (C=O) groups excluding carboxylic acids is 1. The molecule has 0 unspecified atom stereocenters. The first-order valence-corrected chi connectivity index (χ1v) is 11.6. The fourth-order valence-corrected chi connectivity index (χ4v) is 6.30. The Bertz CT molecular complexity index is 1070. The van der Waals surface area contributed by atoms with Crippen LogP contribution in [0.3, 0.4) is 0 Å². The van der Waals surface area contributed by atoms with Crippen molar-refractivity contribution < 1.29 is 13.2 Å². The molecule has 28 heavy (non-hydrogen) atoms. The van der Waals surface area contributed by atoms with Gasteiger partial charge in [-0.05, 0) is 45.2 Å². The van der Waals surface area contributed by atoms with Gasteiger partial charge in [0.25, 0.3) is 5.91 Å². The maximum Gasteiger partial charge on any atom is 0.258 e. The van der Waals surface area contributed by atoms with E-state index in [-0.39, 0.29) is 35.7 Å². The first-order valence-electron chi connectivity index (χ1n) is 9.80. The molecule has 8 heteroatoms. The number of anilines is 1. The van der Waals surface area contributed by atoms with Gasteiger partial charge in [-0.1, -0.05) is 12.1 Å². The third kappa shape index (κ3) is 2.73. The summed E-state index contributed by atoms with van der Waals surface area (Å²) in [6.45, 7) is 3.93. The summed E-state index contributed by atoms with van der Waals surface area (Å²) in [6, 6.07) is 7.73. The number of benzene rings is 1. The van der Waals surface area contributed by atoms with Crippen LogP contribution in [0.1, 0.15) is 58.8 Å². The number of para-hydroxylation sites is 1. The SMILES string of the molecule is Cc1nn([C@@H]2CCS(=O)(=O)C2)c(C)c1[C@@H]1Nc2ccccc2C(=O)N1C1CC1. The summed E-state index contributed by atoms with van der Waals surface area (Å²) in [7, 11) is -2.99. The topological polar surface area (TPSA) is 84.3 Å². The Morgan fingerprint density at radius 3 is 2.54 bits per heavy atom. The first-order chi connectivity index (χ1) is 13.4. The Balaban J connectivity index is 1.58. The third-order valence-corrected chi connectivity index (χ3v) is 7.86. The van der Waals surface area contributed by atoms with Crippen LogP contribution in [0.5, 0.6) is 0 Å². The number of hydrogen-bond acceptors (Lipinski definition) is 5. The third-order valence-electron chi connectivity index (χ3n) is 6.11. The average molecular weight is 401 g/mol. The minimum atomic E-state index is -2.99. The van der Waals surface area contributed by atoms with Crippen molar-refractivity contribution in [2.75, 3.05) is 16.8 Å². The van der Waals surface area contributed by atoms with Gasteiger partial charge < -0.3 is 10.2 Å². The molecule has 3 aliphatic rings. The predicted molar refractivity (Wildman–Crippen MR) is 106 cm³/mol. The molecule has 1 saturated heterocycles. The summed E-state index contributed by atoms with van der Waals surface area (Å²) in [6.07, 6.45) is 2.34. The van der Waals surface area contributed by atoms with Crippen molar-refractivity contribution in [3.8, 4) is 0 Å². The smallest absolute Gasteiger partial charge is 0.258 e. The molecule has 7 nitrogen and oxygen atoms in total. The van der Waals surface area contributed by atoms with Gasteiger partial charge in [-0.15, -0.1) is 0 Å². The number of aromatic nitrogens is 2. The summed E-state index contributed by atoms with van der Waals surface area (Å²) in [4.78, 5) is 15.2. The Labute approximate surface area is 164 Å². The van der Waals surface area contributed by atoms with Crippen molar-refractivity contribution in [2.24, 2.45) is 0 Å². The van der Waals surface area contributed by atoms with Crippen LogP contribution in [0.15, 0.2) is 24.3 Å². The molecule has 2 fully saturated rings. The van der Waals surface area contributed by atoms with Crippen molar-refractivity contribution in [1.82, 2.24) is 14.7 Å². The van der Waals surface area contributed by atoms with Gasteiger partial charge in [0, 0.05) is 23.0 Å². The summed E-state index contributed by atoms with van der Waals surface area (Å²) in [5.41, 5.74) is 4.31. The molecule has 3 heterocycles. The molecule has 2 aliphatic heterocycles. The van der Waals surface area contributed by atoms with Gasteiger partial charge in [0.15, 0.2) is 9.84 Å². The molecule has 5 rings (SSSR count). The van der Waals surface area contributed by atoms with E-state index in [9.17, 15) is 13.2 Å². The monoisotopic (exact) mass is 400 g/mol. The Morgan fingerprint density at radius 1 is 1.11 bits per heavy atom. The highest BCUT2D eigenvalue weighted by Crippen LogP contribution is 2.42. The van der Waals surface area contributed by atoms with Crippen molar-refractivity contribution in [3.05, 3.63) is 46.8 Å². The van der Waals surface area contributed by atoms with E-state index in [4.69, 9.17) is 5.10 Å². The molecule has 2 aromatic rings. The molecular weight excluding hydrogens is 376 g/mol. The van der Waals surface area contributed by atoms with Crippen molar-refractivity contribution in [2.45, 2.75) is 51.4 Å². The highest BCUT2D eigenvalue weighted by Gasteiger charge is 2.44. The Kier molecular flexibility index (Phi) is 3.84. The van der Waals surface area contributed by atoms with E-state index < -0.39 is 9.84 Å². The lowest BCUT2D eigenvalue weighted by Crippen LogP contribution is -2.44. The van der Waals surface area contributed by atoms with E-state index in [1.54, 1.807) is 0 Å². The van der Waals surface area contributed by atoms with E-state index in [0.717, 1.165) is 35.5 Å². The molecule has 1 N–H and O–H groups in total. The lowest BCUT2D eigenvalue weighted by molar-refractivity contribution is 0.0665. The van der Waals surface area contributed by atoms with E-state index in [0.29, 0.717) is 12.0 Å². The Morgan fingerprint density at radius 2 is 1.86 bits per heavy atom. The molecule has 0 radical (unpaired) electrons. The summed E-state index contributed by atoms with van der Waals surface area (Å²) < 4.78 is 25.8. The van der Waals surface area contributed by atoms with E-state index >= 15 is 0 Å². The standard InChI is InChI=1S/C20H24N4O3S/c1-12-18(13(2)24(22-12)15-9-10-28(26,27)11-15)19-21-17-6-4-3-5-16(17)20(25)23(19)14-7-8-14/h3-6,14-15,19,21H,7-11H2,1-2H3/t15-,19-/m1/s1. The predicted octanol–water partition coefficient (Wildman–Crippen LogP) is 2.59. The number of nitrogens with one attached hydrogen (secondary N) is 1. The maximum atomic E-state index is 13.2. The number of sulfone groups is 1. The second-order valence-corrected chi connectivity index (χ2v) is 10.4. The molecule has 0 bridgehead atoms. The number of fused-ring (bicyclic) bond motifs is 1. The summed E-state index contributed by atoms with van der Waals surface area (Å²) in [5.74, 6) is 0.407. The molecule has 1 amide bonds. The van der Waals surface area contributed by atoms with Gasteiger partial charge in [-0.2, -0.15) is 5.10 Å². The van der Waals surface area contributed by atoms with Crippen molar-refractivity contribution in [1.29, 1.82) is 0 Å². The summed E-state index contributed by atoms with van der Waals surface area (Å²) >= 11 is 0. The number of nitrogens with zero attached hydrogens (tertiary/aromatic N) is 3. The largest absolute Gasteiger partial charge is 0.361 e. The first kappa shape index (κ1) is 17.7. The van der Waals surface area contributed by atoms with Crippen LogP contribution in [-0.2, 0) is 9.84 Å². The molecular formula is C20H24N4O3S. The van der Waals surface area contributed by atoms with Gasteiger partial charge in [-0.3, -0.25) is 9.48 Å². The van der Waals surface area contributed by atoms with Crippen LogP contribution in [-0.4, -0.2) is 46.6 Å². The van der Waals surface area contributed by atoms with Crippen LogP contribution in [0.25, 0.3) is 0 Å². The highest BCUT2D eigenvalue weighted by molar-refractivity contribution is 7.91. The number of rotatable bonds is 3. The summed E-state index contributed by atoms with van der Waals surface area (Å²) in [5, 5.41) is 8.25. The van der Waals surface area contributed by atoms with Crippen LogP contribution in [0.4, 0.5) is 5.69 Å². The van der Waals surface area contributed by atoms with Crippen LogP contribution in [0, 0.1) is 13.8 Å². The molecule has 148 valence electrons. The van der Waals surface area contributed by atoms with Crippen molar-refractivity contribution >= 4 is 21.4 Å². The molecule has 1 aliphatic carbocycles. The van der Waals surface area contributed by atoms with E-state index in [2.05, 4.69) is 5.32 Å². The second kappa shape index (κ2) is 6.07. The zero-order valence-corrected chi connectivity index (χ0v) is 16.9. The molecule has 1 aromatic heterocycles. The second-order valence-electron chi connectivity index (χ2n) is 8.12. The van der Waals surface area contributed by atoms with E-state index in [1.165, 1.54) is 0 Å². The lowest BCUT2D eigenvalue weighted by Gasteiger charge is -2.38. The number of carbonyl (C=O) groups is 1. The minimum Gasteiger partial charge on any atom is -0.361 e. The fourth-order valence-electron chi connectivity index (χ4n) is 4.60. The zero-order chi connectivity index (χ0) is 19.6. The molecule has 1 saturated carbocycles. The fraction of sp³-hybridized carbons (Fsp3) is 0.500. The molecule has 2 atom stereocenters. The highest BCUT2D eigenvalue weighted by atomic mass is 32.2. The Hall–Kier alpha value is -2.35. The van der Waals surface area contributed by atoms with Gasteiger partial charge >= 0.3 is 0 Å². The number of amides is 1. The molecule has 0 spiro atoms. The quantitative estimate of drug-likeness (QED) is 0.856. The van der Waals surface area contributed by atoms with E-state index in [1.807, 2.05) is 47.7 Å². The van der Waals surface area contributed by atoms with Crippen molar-refractivity contribution in [3.63, 3.8) is 0 Å². The van der Waals surface area contributed by atoms with Gasteiger partial charge in [-0.25, -0.2) is 8.42 Å². The average Bonchev–Trinajstić information content (AvgIpc) is 3.35. The maximum absolute atomic E-state index is 13.2. The number of aryl methyl sites for hydroxylation is 1. The normalized spacial score (nSPS) is 26.2. The zero-order valence-electron chi connectivity index (χ0n) is 16.1. The molecule has 1 aromatic carbocycles. The lowest BCUT2D eigenvalue weighted by atomic mass is 10.0. The van der Waals surface area contributed by atoms with Crippen LogP contribution < -0.4 is 5.32 Å². The van der Waals surface area contributed by atoms with Crippen LogP contribution >= 0.6 is 0 Å². The van der Waals surface area contributed by atoms with Gasteiger partial charge in [0.2, 0.25) is 0 Å².